The van der Waals surface area contributed by atoms with Crippen molar-refractivity contribution in [3.63, 3.8) is 0 Å². The Balaban J connectivity index is 1.57. The van der Waals surface area contributed by atoms with Gasteiger partial charge in [0.15, 0.2) is 10.8 Å². The highest BCUT2D eigenvalue weighted by molar-refractivity contribution is 7.19. The van der Waals surface area contributed by atoms with E-state index in [0.29, 0.717) is 17.8 Å². The summed E-state index contributed by atoms with van der Waals surface area (Å²) >= 11 is 1.50. The van der Waals surface area contributed by atoms with Crippen LogP contribution in [0.15, 0.2) is 30.7 Å². The Morgan fingerprint density at radius 3 is 2.84 bits per heavy atom. The number of nitrogens with one attached hydrogen (secondary N) is 1. The van der Waals surface area contributed by atoms with Gasteiger partial charge in [0.1, 0.15) is 0 Å². The second-order valence-electron chi connectivity index (χ2n) is 6.63. The lowest BCUT2D eigenvalue weighted by Crippen LogP contribution is -2.19. The number of rotatable bonds is 6. The molecule has 0 aromatic carbocycles. The van der Waals surface area contributed by atoms with Gasteiger partial charge in [0.05, 0.1) is 28.5 Å². The maximum Gasteiger partial charge on any atom is 0.268 e. The van der Waals surface area contributed by atoms with Crippen molar-refractivity contribution in [2.75, 3.05) is 4.90 Å². The first-order valence-corrected chi connectivity index (χ1v) is 9.30. The molecule has 1 amide bonds. The Morgan fingerprint density at radius 2 is 2.20 bits per heavy atom. The van der Waals surface area contributed by atoms with E-state index in [1.807, 2.05) is 29.2 Å². The Morgan fingerprint density at radius 1 is 1.36 bits per heavy atom. The van der Waals surface area contributed by atoms with Crippen LogP contribution in [0.2, 0.25) is 0 Å². The quantitative estimate of drug-likeness (QED) is 0.711. The molecule has 0 saturated heterocycles. The van der Waals surface area contributed by atoms with Crippen molar-refractivity contribution in [1.82, 2.24) is 19.7 Å². The molecule has 7 nitrogen and oxygen atoms in total. The molecule has 128 valence electrons. The zero-order chi connectivity index (χ0) is 17.0. The first-order valence-electron chi connectivity index (χ1n) is 8.48. The normalized spacial score (nSPS) is 17.0. The number of nitrogens with two attached hydrogens (primary N) is 1. The van der Waals surface area contributed by atoms with Gasteiger partial charge in [-0.15, -0.1) is 0 Å². The number of primary amides is 1. The van der Waals surface area contributed by atoms with E-state index in [-0.39, 0.29) is 0 Å². The molecule has 0 spiro atoms. The summed E-state index contributed by atoms with van der Waals surface area (Å²) in [6.07, 6.45) is 10.5. The summed E-state index contributed by atoms with van der Waals surface area (Å²) in [6, 6.07) is 4.79. The Kier molecular flexibility index (Phi) is 3.21. The Labute approximate surface area is 148 Å². The van der Waals surface area contributed by atoms with Gasteiger partial charge >= 0.3 is 0 Å². The standard InChI is InChI=1S/C17H18N6OS/c18-16(24)14-15(13-2-1-7-19-13)25-17(21-14)23(11-5-6-11)12-8-20-22(9-12)10-3-4-10/h1-2,7-11,19H,3-6H2,(H2,18,24). The largest absolute Gasteiger partial charge is 0.364 e. The number of thiazole rings is 1. The Hall–Kier alpha value is -2.61. The molecule has 2 aliphatic rings. The lowest BCUT2D eigenvalue weighted by atomic mass is 10.3. The predicted octanol–water partition coefficient (Wildman–Crippen LogP) is 3.07. The summed E-state index contributed by atoms with van der Waals surface area (Å²) < 4.78 is 2.04. The third kappa shape index (κ3) is 2.62. The predicted molar refractivity (Wildman–Crippen MR) is 96.1 cm³/mol. The van der Waals surface area contributed by atoms with E-state index in [4.69, 9.17) is 5.73 Å². The molecule has 3 aromatic heterocycles. The molecule has 0 bridgehead atoms. The van der Waals surface area contributed by atoms with E-state index in [0.717, 1.165) is 34.2 Å². The van der Waals surface area contributed by atoms with Crippen LogP contribution in [0.4, 0.5) is 10.8 Å². The number of carbonyl (C=O) groups excluding carboxylic acids is 1. The molecule has 0 aliphatic heterocycles. The molecule has 8 heteroatoms. The summed E-state index contributed by atoms with van der Waals surface area (Å²) in [5.74, 6) is -0.503. The number of hydrogen-bond acceptors (Lipinski definition) is 5. The average molecular weight is 354 g/mol. The van der Waals surface area contributed by atoms with Crippen molar-refractivity contribution in [2.45, 2.75) is 37.8 Å². The topological polar surface area (TPSA) is 92.8 Å². The number of aromatic nitrogens is 4. The lowest BCUT2D eigenvalue weighted by Gasteiger charge is -2.19. The van der Waals surface area contributed by atoms with Gasteiger partial charge in [0, 0.05) is 18.4 Å². The van der Waals surface area contributed by atoms with Crippen molar-refractivity contribution >= 4 is 28.1 Å². The zero-order valence-electron chi connectivity index (χ0n) is 13.6. The molecule has 2 fully saturated rings. The fourth-order valence-electron chi connectivity index (χ4n) is 3.03. The summed E-state index contributed by atoms with van der Waals surface area (Å²) in [4.78, 5) is 22.6. The van der Waals surface area contributed by atoms with Crippen LogP contribution in [0.5, 0.6) is 0 Å². The zero-order valence-corrected chi connectivity index (χ0v) is 14.4. The number of amides is 1. The van der Waals surface area contributed by atoms with Crippen molar-refractivity contribution in [3.8, 4) is 10.6 Å². The average Bonchev–Trinajstić information content (AvgIpc) is 3.44. The second kappa shape index (κ2) is 5.45. The highest BCUT2D eigenvalue weighted by Crippen LogP contribution is 2.44. The van der Waals surface area contributed by atoms with Crippen LogP contribution in [-0.2, 0) is 0 Å². The van der Waals surface area contributed by atoms with E-state index >= 15 is 0 Å². The van der Waals surface area contributed by atoms with Crippen molar-refractivity contribution in [2.24, 2.45) is 5.73 Å². The van der Waals surface area contributed by atoms with Crippen LogP contribution in [-0.4, -0.2) is 31.7 Å². The van der Waals surface area contributed by atoms with Crippen LogP contribution >= 0.6 is 11.3 Å². The minimum Gasteiger partial charge on any atom is -0.364 e. The van der Waals surface area contributed by atoms with Gasteiger partial charge in [-0.2, -0.15) is 5.10 Å². The molecule has 5 rings (SSSR count). The van der Waals surface area contributed by atoms with Crippen LogP contribution in [0, 0.1) is 0 Å². The molecule has 2 saturated carbocycles. The van der Waals surface area contributed by atoms with E-state index in [9.17, 15) is 4.79 Å². The van der Waals surface area contributed by atoms with Crippen molar-refractivity contribution in [3.05, 3.63) is 36.4 Å². The van der Waals surface area contributed by atoms with Crippen LogP contribution in [0.1, 0.15) is 42.2 Å². The molecule has 3 N–H and O–H groups in total. The number of nitrogens with zero attached hydrogens (tertiary/aromatic N) is 4. The highest BCUT2D eigenvalue weighted by atomic mass is 32.1. The van der Waals surface area contributed by atoms with Gasteiger partial charge in [-0.05, 0) is 37.8 Å². The van der Waals surface area contributed by atoms with Crippen molar-refractivity contribution in [1.29, 1.82) is 0 Å². The van der Waals surface area contributed by atoms with Gasteiger partial charge in [-0.25, -0.2) is 4.98 Å². The minimum absolute atomic E-state index is 0.322. The van der Waals surface area contributed by atoms with Gasteiger partial charge < -0.3 is 15.6 Å². The number of carbonyl (C=O) groups is 1. The van der Waals surface area contributed by atoms with E-state index in [2.05, 4.69) is 26.2 Å². The Bertz CT molecular complexity index is 919. The van der Waals surface area contributed by atoms with Crippen LogP contribution in [0.3, 0.4) is 0 Å². The minimum atomic E-state index is -0.503. The van der Waals surface area contributed by atoms with E-state index in [1.165, 1.54) is 24.2 Å². The molecule has 3 aromatic rings. The van der Waals surface area contributed by atoms with Crippen LogP contribution in [0.25, 0.3) is 10.6 Å². The summed E-state index contributed by atoms with van der Waals surface area (Å²) in [7, 11) is 0. The smallest absolute Gasteiger partial charge is 0.268 e. The highest BCUT2D eigenvalue weighted by Gasteiger charge is 2.35. The number of H-pyrrole nitrogens is 1. The monoisotopic (exact) mass is 354 g/mol. The second-order valence-corrected chi connectivity index (χ2v) is 7.61. The van der Waals surface area contributed by atoms with Gasteiger partial charge in [-0.1, -0.05) is 11.3 Å². The maximum absolute atomic E-state index is 11.9. The van der Waals surface area contributed by atoms with Gasteiger partial charge in [0.2, 0.25) is 0 Å². The first kappa shape index (κ1) is 14.7. The maximum atomic E-state index is 11.9. The molecular weight excluding hydrogens is 336 g/mol. The number of hydrogen-bond donors (Lipinski definition) is 2. The summed E-state index contributed by atoms with van der Waals surface area (Å²) in [5.41, 5.74) is 7.80. The van der Waals surface area contributed by atoms with E-state index in [1.54, 1.807) is 0 Å². The van der Waals surface area contributed by atoms with Gasteiger partial charge in [-0.3, -0.25) is 9.48 Å². The molecular formula is C17H18N6OS. The summed E-state index contributed by atoms with van der Waals surface area (Å²) in [5, 5.41) is 5.31. The third-order valence-corrected chi connectivity index (χ3v) is 5.68. The fraction of sp³-hybridized carbons (Fsp3) is 0.353. The number of anilines is 2. The number of aromatic amines is 1. The first-order chi connectivity index (χ1) is 12.2. The van der Waals surface area contributed by atoms with Crippen molar-refractivity contribution < 1.29 is 4.79 Å². The molecule has 0 unspecified atom stereocenters. The third-order valence-electron chi connectivity index (χ3n) is 4.60. The van der Waals surface area contributed by atoms with Crippen LogP contribution < -0.4 is 10.6 Å². The van der Waals surface area contributed by atoms with Gasteiger partial charge in [0.25, 0.3) is 5.91 Å². The van der Waals surface area contributed by atoms with E-state index < -0.39 is 5.91 Å². The molecule has 3 heterocycles. The molecule has 0 atom stereocenters. The fourth-order valence-corrected chi connectivity index (χ4v) is 4.19. The summed E-state index contributed by atoms with van der Waals surface area (Å²) in [6.45, 7) is 0. The lowest BCUT2D eigenvalue weighted by molar-refractivity contribution is 0.0997. The molecule has 0 radical (unpaired) electrons. The molecule has 25 heavy (non-hydrogen) atoms. The SMILES string of the molecule is NC(=O)c1nc(N(c2cnn(C3CC3)c2)C2CC2)sc1-c1ccc[nH]1. The molecule has 2 aliphatic carbocycles.